The Morgan fingerprint density at radius 1 is 0.451 bits per heavy atom. The highest BCUT2D eigenvalue weighted by molar-refractivity contribution is 7.39. The lowest BCUT2D eigenvalue weighted by Crippen LogP contribution is -2.30. The molecule has 6 saturated carbocycles. The number of carbonyl (C=O) groups is 4. The number of hydrogen-bond donors (Lipinski definition) is 0. The molecule has 0 bridgehead atoms. The minimum atomic E-state index is -0.249. The third kappa shape index (κ3) is 4.20. The molecular formula is C42H42N2O4S3. The van der Waals surface area contributed by atoms with E-state index in [1.54, 1.807) is 0 Å². The minimum Gasteiger partial charge on any atom is -0.292 e. The van der Waals surface area contributed by atoms with Crippen LogP contribution in [0.25, 0.3) is 31.0 Å². The number of carbonyl (C=O) groups excluding carboxylic acids is 4. The molecule has 0 N–H and O–H groups in total. The largest absolute Gasteiger partial charge is 0.292 e. The van der Waals surface area contributed by atoms with Crippen molar-refractivity contribution in [1.82, 2.24) is 0 Å². The van der Waals surface area contributed by atoms with Crippen LogP contribution in [0.5, 0.6) is 0 Å². The standard InChI is InChI=1S/C42H42N2O4S3/c45-33-21-11-3-4-12-22(21)34(46)31(33)43-27-19-25-29(41(27)15-7-1-8-16-41)37-39(49-25)40-38(51-37)30-26(50-40)20-28(42(30)17-9-2-10-18-42)44-32-35(47)23-13-5-6-14-24(23)36(32)48/h19-24H,1-18H2. The van der Waals surface area contributed by atoms with Crippen LogP contribution in [-0.2, 0) is 30.0 Å². The molecule has 8 aliphatic rings. The summed E-state index contributed by atoms with van der Waals surface area (Å²) in [5, 5.41) is 0. The summed E-state index contributed by atoms with van der Waals surface area (Å²) in [6.45, 7) is 0. The van der Waals surface area contributed by atoms with E-state index in [-0.39, 0.29) is 69.1 Å². The van der Waals surface area contributed by atoms with Crippen LogP contribution in [0.3, 0.4) is 0 Å². The number of allylic oxidation sites excluding steroid dienone is 2. The molecule has 262 valence electrons. The van der Waals surface area contributed by atoms with E-state index in [9.17, 15) is 19.2 Å². The van der Waals surface area contributed by atoms with E-state index in [2.05, 4.69) is 12.2 Å². The highest BCUT2D eigenvalue weighted by atomic mass is 32.1. The van der Waals surface area contributed by atoms with Gasteiger partial charge in [-0.1, -0.05) is 64.2 Å². The monoisotopic (exact) mass is 734 g/mol. The Morgan fingerprint density at radius 3 is 1.16 bits per heavy atom. The Hall–Kier alpha value is -2.88. The van der Waals surface area contributed by atoms with Crippen molar-refractivity contribution in [3.63, 3.8) is 0 Å². The smallest absolute Gasteiger partial charge is 0.188 e. The summed E-state index contributed by atoms with van der Waals surface area (Å²) in [6, 6.07) is 0. The molecule has 8 aliphatic carbocycles. The topological polar surface area (TPSA) is 93.0 Å². The molecule has 3 heterocycles. The van der Waals surface area contributed by atoms with Crippen LogP contribution in [0.15, 0.2) is 21.4 Å². The molecule has 6 nitrogen and oxygen atoms in total. The van der Waals surface area contributed by atoms with Gasteiger partial charge in [-0.2, -0.15) is 0 Å². The number of hydrogen-bond acceptors (Lipinski definition) is 9. The zero-order valence-corrected chi connectivity index (χ0v) is 31.4. The van der Waals surface area contributed by atoms with Gasteiger partial charge in [0.15, 0.2) is 23.1 Å². The summed E-state index contributed by atoms with van der Waals surface area (Å²) in [4.78, 5) is 67.1. The van der Waals surface area contributed by atoms with Crippen molar-refractivity contribution < 1.29 is 19.2 Å². The first kappa shape index (κ1) is 31.6. The van der Waals surface area contributed by atoms with Gasteiger partial charge < -0.3 is 0 Å². The molecule has 2 spiro atoms. The number of rotatable bonds is 2. The van der Waals surface area contributed by atoms with Crippen molar-refractivity contribution in [2.24, 2.45) is 33.7 Å². The number of nitrogens with zero attached hydrogens (tertiary/aromatic N) is 2. The summed E-state index contributed by atoms with van der Waals surface area (Å²) >= 11 is 5.68. The maximum absolute atomic E-state index is 13.6. The Labute approximate surface area is 309 Å². The molecule has 0 saturated heterocycles. The summed E-state index contributed by atoms with van der Waals surface area (Å²) < 4.78 is 5.45. The van der Waals surface area contributed by atoms with Crippen molar-refractivity contribution in [2.45, 2.75) is 126 Å². The average molecular weight is 735 g/mol. The van der Waals surface area contributed by atoms with Crippen LogP contribution in [0.1, 0.15) is 136 Å². The second-order valence-electron chi connectivity index (χ2n) is 16.8. The van der Waals surface area contributed by atoms with Gasteiger partial charge in [-0.05, 0) is 63.5 Å². The van der Waals surface area contributed by atoms with Crippen molar-refractivity contribution in [3.8, 4) is 0 Å². The summed E-state index contributed by atoms with van der Waals surface area (Å²) in [5.41, 5.74) is 4.67. The molecule has 9 heteroatoms. The third-order valence-electron chi connectivity index (χ3n) is 14.4. The zero-order valence-electron chi connectivity index (χ0n) is 28.9. The van der Waals surface area contributed by atoms with Gasteiger partial charge in [0, 0.05) is 55.4 Å². The first-order valence-corrected chi connectivity index (χ1v) is 22.2. The van der Waals surface area contributed by atoms with Crippen LogP contribution in [0, 0.1) is 23.7 Å². The van der Waals surface area contributed by atoms with Gasteiger partial charge in [0.25, 0.3) is 0 Å². The van der Waals surface area contributed by atoms with Gasteiger partial charge in [0.1, 0.15) is 11.4 Å². The SMILES string of the molecule is O=C1C(=NC2=Cc3sc4c(sc5c6c(sc54)C=C(N=C4C(=O)C5CCCCC5C4=O)C64CCCCC4)c3C23CCCCC3)C(=O)C2CCCCC12. The second-order valence-corrected chi connectivity index (χ2v) is 19.9. The summed E-state index contributed by atoms with van der Waals surface area (Å²) in [7, 11) is 0. The maximum atomic E-state index is 13.6. The fraction of sp³-hybridized carbons (Fsp3) is 0.571. The lowest BCUT2D eigenvalue weighted by Gasteiger charge is -2.36. The normalized spacial score (nSPS) is 30.7. The van der Waals surface area contributed by atoms with E-state index in [0.717, 1.165) is 114 Å². The molecule has 0 radical (unpaired) electrons. The predicted molar refractivity (Wildman–Crippen MR) is 206 cm³/mol. The van der Waals surface area contributed by atoms with Crippen LogP contribution in [0.4, 0.5) is 0 Å². The van der Waals surface area contributed by atoms with E-state index in [1.165, 1.54) is 52.5 Å². The highest BCUT2D eigenvalue weighted by Crippen LogP contribution is 2.63. The van der Waals surface area contributed by atoms with Crippen LogP contribution >= 0.6 is 34.0 Å². The molecule has 4 unspecified atom stereocenters. The fourth-order valence-corrected chi connectivity index (χ4v) is 16.7. The van der Waals surface area contributed by atoms with E-state index in [1.807, 2.05) is 34.0 Å². The van der Waals surface area contributed by atoms with Crippen molar-refractivity contribution in [1.29, 1.82) is 0 Å². The maximum Gasteiger partial charge on any atom is 0.188 e. The Bertz CT molecular complexity index is 2040. The highest BCUT2D eigenvalue weighted by Gasteiger charge is 2.53. The molecule has 11 rings (SSSR count). The minimum absolute atomic E-state index is 0.00594. The van der Waals surface area contributed by atoms with Gasteiger partial charge in [-0.25, -0.2) is 9.98 Å². The number of aliphatic imine (C=N–C) groups is 2. The van der Waals surface area contributed by atoms with E-state index < -0.39 is 0 Å². The molecule has 3 aromatic rings. The van der Waals surface area contributed by atoms with Crippen molar-refractivity contribution >= 4 is 99.5 Å². The van der Waals surface area contributed by atoms with E-state index in [4.69, 9.17) is 9.98 Å². The van der Waals surface area contributed by atoms with Gasteiger partial charge in [0.05, 0.1) is 30.2 Å². The van der Waals surface area contributed by atoms with Gasteiger partial charge in [0.2, 0.25) is 0 Å². The number of Topliss-reactive ketones (excluding diaryl/α,β-unsaturated/α-hetero) is 4. The molecule has 0 aliphatic heterocycles. The zero-order chi connectivity index (χ0) is 34.2. The van der Waals surface area contributed by atoms with Crippen LogP contribution in [0.2, 0.25) is 0 Å². The number of fused-ring (bicyclic) bond motifs is 11. The molecule has 0 amide bonds. The van der Waals surface area contributed by atoms with Gasteiger partial charge in [-0.3, -0.25) is 19.2 Å². The molecule has 3 aromatic heterocycles. The van der Waals surface area contributed by atoms with Crippen molar-refractivity contribution in [3.05, 3.63) is 32.3 Å². The van der Waals surface area contributed by atoms with Crippen LogP contribution in [-0.4, -0.2) is 34.6 Å². The predicted octanol–water partition coefficient (Wildman–Crippen LogP) is 10.1. The lowest BCUT2D eigenvalue weighted by atomic mass is 9.69. The number of ketones is 4. The average Bonchev–Trinajstić information content (AvgIpc) is 3.99. The molecule has 4 atom stereocenters. The molecule has 0 aromatic carbocycles. The van der Waals surface area contributed by atoms with E-state index >= 15 is 0 Å². The molecule has 6 fully saturated rings. The van der Waals surface area contributed by atoms with Gasteiger partial charge >= 0.3 is 0 Å². The van der Waals surface area contributed by atoms with Crippen molar-refractivity contribution in [2.75, 3.05) is 0 Å². The lowest BCUT2D eigenvalue weighted by molar-refractivity contribution is -0.120. The summed E-state index contributed by atoms with van der Waals surface area (Å²) in [5.74, 6) is -0.668. The molecule has 51 heavy (non-hydrogen) atoms. The summed E-state index contributed by atoms with van der Waals surface area (Å²) in [6.07, 6.45) is 22.8. The molecular weight excluding hydrogens is 693 g/mol. The Kier molecular flexibility index (Phi) is 7.02. The first-order chi connectivity index (χ1) is 24.9. The van der Waals surface area contributed by atoms with Crippen LogP contribution < -0.4 is 0 Å². The second kappa shape index (κ2) is 11.3. The Morgan fingerprint density at radius 2 is 0.804 bits per heavy atom. The van der Waals surface area contributed by atoms with Gasteiger partial charge in [-0.15, -0.1) is 34.0 Å². The third-order valence-corrected chi connectivity index (χ3v) is 18.3. The first-order valence-electron chi connectivity index (χ1n) is 19.7. The quantitative estimate of drug-likeness (QED) is 0.262. The Balaban J connectivity index is 1.03. The van der Waals surface area contributed by atoms with E-state index in [0.29, 0.717) is 0 Å². The fourth-order valence-electron chi connectivity index (χ4n) is 11.9. The number of thiophene rings is 3.